The molecule has 2 aromatic carbocycles. The van der Waals surface area contributed by atoms with E-state index in [-0.39, 0.29) is 5.57 Å². The molecule has 3 rings (SSSR count). The highest BCUT2D eigenvalue weighted by Crippen LogP contribution is 2.26. The monoisotopic (exact) mass is 458 g/mol. The van der Waals surface area contributed by atoms with Gasteiger partial charge in [0.25, 0.3) is 11.8 Å². The normalized spacial score (nSPS) is 15.4. The summed E-state index contributed by atoms with van der Waals surface area (Å²) >= 11 is 3.36. The summed E-state index contributed by atoms with van der Waals surface area (Å²) < 4.78 is 5.86. The number of urea groups is 1. The molecule has 2 N–H and O–H groups in total. The minimum atomic E-state index is -1.10. The third-order valence-electron chi connectivity index (χ3n) is 4.05. The second-order valence-corrected chi connectivity index (χ2v) is 7.00. The first kappa shape index (κ1) is 20.3. The van der Waals surface area contributed by atoms with Gasteiger partial charge >= 0.3 is 12.0 Å². The Labute approximate surface area is 173 Å². The van der Waals surface area contributed by atoms with Gasteiger partial charge in [-0.15, -0.1) is 0 Å². The molecule has 1 fully saturated rings. The van der Waals surface area contributed by atoms with Gasteiger partial charge in [0.1, 0.15) is 11.3 Å². The molecular weight excluding hydrogens is 444 g/mol. The van der Waals surface area contributed by atoms with Crippen LogP contribution in [0.2, 0.25) is 0 Å². The Balaban J connectivity index is 1.88. The number of rotatable bonds is 5. The first-order valence-corrected chi connectivity index (χ1v) is 9.18. The van der Waals surface area contributed by atoms with E-state index in [4.69, 9.17) is 9.84 Å². The van der Waals surface area contributed by atoms with Crippen LogP contribution in [-0.2, 0) is 14.4 Å². The van der Waals surface area contributed by atoms with E-state index in [1.54, 1.807) is 30.3 Å². The van der Waals surface area contributed by atoms with Crippen molar-refractivity contribution in [3.05, 3.63) is 63.6 Å². The van der Waals surface area contributed by atoms with Crippen LogP contribution in [0, 0.1) is 6.92 Å². The molecular formula is C20H15BrN2O6. The average Bonchev–Trinajstić information content (AvgIpc) is 2.67. The molecule has 0 aromatic heterocycles. The minimum absolute atomic E-state index is 0.204. The lowest BCUT2D eigenvalue weighted by atomic mass is 10.1. The maximum Gasteiger partial charge on any atom is 0.341 e. The summed E-state index contributed by atoms with van der Waals surface area (Å²) in [5, 5.41) is 10.8. The van der Waals surface area contributed by atoms with Crippen LogP contribution in [0.3, 0.4) is 0 Å². The first-order valence-electron chi connectivity index (χ1n) is 8.38. The van der Waals surface area contributed by atoms with E-state index in [0.717, 1.165) is 14.9 Å². The molecule has 1 heterocycles. The molecule has 8 nitrogen and oxygen atoms in total. The number of hydrogen-bond donors (Lipinski definition) is 2. The molecule has 0 spiro atoms. The average molecular weight is 459 g/mol. The number of nitrogens with zero attached hydrogens (tertiary/aromatic N) is 1. The van der Waals surface area contributed by atoms with Crippen LogP contribution >= 0.6 is 15.9 Å². The fourth-order valence-corrected chi connectivity index (χ4v) is 2.88. The molecule has 2 aromatic rings. The second-order valence-electron chi connectivity index (χ2n) is 6.14. The number of carboxylic acid groups (broad SMARTS) is 1. The molecule has 0 radical (unpaired) electrons. The van der Waals surface area contributed by atoms with E-state index >= 15 is 0 Å². The van der Waals surface area contributed by atoms with Crippen molar-refractivity contribution >= 4 is 51.5 Å². The quantitative estimate of drug-likeness (QED) is 0.525. The van der Waals surface area contributed by atoms with Gasteiger partial charge in [-0.05, 0) is 54.5 Å². The van der Waals surface area contributed by atoms with E-state index in [1.165, 1.54) is 18.2 Å². The van der Waals surface area contributed by atoms with Crippen LogP contribution in [0.4, 0.5) is 10.5 Å². The van der Waals surface area contributed by atoms with Gasteiger partial charge in [-0.25, -0.2) is 14.5 Å². The number of hydrogen-bond acceptors (Lipinski definition) is 5. The fourth-order valence-electron chi connectivity index (χ4n) is 2.63. The van der Waals surface area contributed by atoms with Crippen molar-refractivity contribution in [2.75, 3.05) is 11.5 Å². The SMILES string of the molecule is Cc1cc(N2C(=O)NC(=O)/C(=C\c3ccc(OCC(=O)O)cc3)C2=O)ccc1Br. The van der Waals surface area contributed by atoms with Gasteiger partial charge < -0.3 is 9.84 Å². The van der Waals surface area contributed by atoms with Crippen LogP contribution < -0.4 is 15.0 Å². The number of amides is 4. The summed E-state index contributed by atoms with van der Waals surface area (Å²) in [5.41, 5.74) is 1.46. The minimum Gasteiger partial charge on any atom is -0.482 e. The summed E-state index contributed by atoms with van der Waals surface area (Å²) in [4.78, 5) is 48.8. The zero-order valence-corrected chi connectivity index (χ0v) is 16.7. The number of aliphatic carboxylic acids is 1. The fraction of sp³-hybridized carbons (Fsp3) is 0.100. The van der Waals surface area contributed by atoms with Crippen molar-refractivity contribution in [1.82, 2.24) is 5.32 Å². The summed E-state index contributed by atoms with van der Waals surface area (Å²) in [7, 11) is 0. The van der Waals surface area contributed by atoms with Crippen LogP contribution in [0.15, 0.2) is 52.5 Å². The third kappa shape index (κ3) is 4.52. The Hall–Kier alpha value is -3.46. The van der Waals surface area contributed by atoms with Crippen molar-refractivity contribution in [3.63, 3.8) is 0 Å². The predicted molar refractivity (Wildman–Crippen MR) is 107 cm³/mol. The number of barbiturate groups is 1. The Bertz CT molecular complexity index is 1050. The molecule has 9 heteroatoms. The van der Waals surface area contributed by atoms with E-state index in [2.05, 4.69) is 21.2 Å². The van der Waals surface area contributed by atoms with E-state index in [0.29, 0.717) is 17.0 Å². The van der Waals surface area contributed by atoms with Gasteiger partial charge in [0.05, 0.1) is 5.69 Å². The van der Waals surface area contributed by atoms with E-state index in [1.807, 2.05) is 6.92 Å². The smallest absolute Gasteiger partial charge is 0.341 e. The Kier molecular flexibility index (Phi) is 5.79. The van der Waals surface area contributed by atoms with Gasteiger partial charge in [-0.2, -0.15) is 0 Å². The number of ether oxygens (including phenoxy) is 1. The molecule has 0 atom stereocenters. The predicted octanol–water partition coefficient (Wildman–Crippen LogP) is 2.89. The van der Waals surface area contributed by atoms with Crippen molar-refractivity contribution in [3.8, 4) is 5.75 Å². The molecule has 4 amide bonds. The number of carbonyl (C=O) groups is 4. The number of aryl methyl sites for hydroxylation is 1. The number of carboxylic acids is 1. The Morgan fingerprint density at radius 3 is 2.48 bits per heavy atom. The summed E-state index contributed by atoms with van der Waals surface area (Å²) in [5.74, 6) is -2.31. The zero-order valence-electron chi connectivity index (χ0n) is 15.1. The van der Waals surface area contributed by atoms with Gasteiger partial charge in [0.2, 0.25) is 0 Å². The lowest BCUT2D eigenvalue weighted by Crippen LogP contribution is -2.54. The second kappa shape index (κ2) is 8.27. The maximum atomic E-state index is 12.9. The maximum absolute atomic E-state index is 12.9. The van der Waals surface area contributed by atoms with Gasteiger partial charge in [0.15, 0.2) is 6.61 Å². The molecule has 0 saturated carbocycles. The lowest BCUT2D eigenvalue weighted by Gasteiger charge is -2.26. The third-order valence-corrected chi connectivity index (χ3v) is 4.94. The molecule has 29 heavy (non-hydrogen) atoms. The number of benzene rings is 2. The number of carbonyl (C=O) groups excluding carboxylic acids is 3. The summed E-state index contributed by atoms with van der Waals surface area (Å²) in [6, 6.07) is 10.3. The largest absolute Gasteiger partial charge is 0.482 e. The summed E-state index contributed by atoms with van der Waals surface area (Å²) in [6.45, 7) is 1.33. The van der Waals surface area contributed by atoms with Crippen molar-refractivity contribution in [2.45, 2.75) is 6.92 Å². The highest BCUT2D eigenvalue weighted by Gasteiger charge is 2.36. The highest BCUT2D eigenvalue weighted by atomic mass is 79.9. The molecule has 148 valence electrons. The highest BCUT2D eigenvalue weighted by molar-refractivity contribution is 9.10. The molecule has 1 aliphatic rings. The molecule has 0 unspecified atom stereocenters. The topological polar surface area (TPSA) is 113 Å². The first-order chi connectivity index (χ1) is 13.8. The lowest BCUT2D eigenvalue weighted by molar-refractivity contribution is -0.139. The van der Waals surface area contributed by atoms with Crippen LogP contribution in [0.5, 0.6) is 5.75 Å². The molecule has 1 saturated heterocycles. The van der Waals surface area contributed by atoms with Crippen molar-refractivity contribution < 1.29 is 29.0 Å². The van der Waals surface area contributed by atoms with Gasteiger partial charge in [-0.1, -0.05) is 28.1 Å². The Morgan fingerprint density at radius 2 is 1.86 bits per heavy atom. The molecule has 0 aliphatic carbocycles. The van der Waals surface area contributed by atoms with Crippen molar-refractivity contribution in [2.24, 2.45) is 0 Å². The van der Waals surface area contributed by atoms with Gasteiger partial charge in [-0.3, -0.25) is 14.9 Å². The standard InChI is InChI=1S/C20H15BrN2O6/c1-11-8-13(4-7-16(11)21)23-19(27)15(18(26)22-20(23)28)9-12-2-5-14(6-3-12)29-10-17(24)25/h2-9H,10H2,1H3,(H,24,25)(H,22,26,28)/b15-9+. The van der Waals surface area contributed by atoms with Crippen LogP contribution in [-0.4, -0.2) is 35.5 Å². The molecule has 1 aliphatic heterocycles. The number of nitrogens with one attached hydrogen (secondary N) is 1. The van der Waals surface area contributed by atoms with Gasteiger partial charge in [0, 0.05) is 4.47 Å². The summed E-state index contributed by atoms with van der Waals surface area (Å²) in [6.07, 6.45) is 1.35. The number of anilines is 1. The van der Waals surface area contributed by atoms with Crippen molar-refractivity contribution in [1.29, 1.82) is 0 Å². The number of imide groups is 2. The molecule has 0 bridgehead atoms. The zero-order chi connectivity index (χ0) is 21.1. The number of halogens is 1. The Morgan fingerprint density at radius 1 is 1.17 bits per heavy atom. The van der Waals surface area contributed by atoms with Crippen LogP contribution in [0.1, 0.15) is 11.1 Å². The van der Waals surface area contributed by atoms with E-state index < -0.39 is 30.4 Å². The van der Waals surface area contributed by atoms with E-state index in [9.17, 15) is 19.2 Å². The van der Waals surface area contributed by atoms with Crippen LogP contribution in [0.25, 0.3) is 6.08 Å².